The molecular weight excluding hydrogens is 294 g/mol. The SMILES string of the molecule is CCCCCCCCCCCCCCC/C=C(/C(=O)O)[N+](=O)[O-]. The molecule has 23 heavy (non-hydrogen) atoms. The first-order valence-electron chi connectivity index (χ1n) is 9.17. The van der Waals surface area contributed by atoms with E-state index in [0.29, 0.717) is 6.42 Å². The highest BCUT2D eigenvalue weighted by molar-refractivity contribution is 5.83. The highest BCUT2D eigenvalue weighted by Crippen LogP contribution is 2.13. The lowest BCUT2D eigenvalue weighted by Gasteiger charge is -2.02. The lowest BCUT2D eigenvalue weighted by atomic mass is 10.0. The number of allylic oxidation sites excluding steroid dienone is 1. The van der Waals surface area contributed by atoms with Gasteiger partial charge in [-0.25, -0.2) is 4.79 Å². The van der Waals surface area contributed by atoms with Crippen molar-refractivity contribution in [2.24, 2.45) is 0 Å². The molecule has 5 heteroatoms. The summed E-state index contributed by atoms with van der Waals surface area (Å²) in [6.45, 7) is 2.24. The van der Waals surface area contributed by atoms with Crippen molar-refractivity contribution in [1.82, 2.24) is 0 Å². The Morgan fingerprint density at radius 3 is 1.61 bits per heavy atom. The summed E-state index contributed by atoms with van der Waals surface area (Å²) in [7, 11) is 0. The summed E-state index contributed by atoms with van der Waals surface area (Å²) in [4.78, 5) is 20.2. The second-order valence-electron chi connectivity index (χ2n) is 6.18. The number of aliphatic carboxylic acids is 1. The van der Waals surface area contributed by atoms with Crippen LogP contribution in [0.5, 0.6) is 0 Å². The molecule has 0 aromatic carbocycles. The minimum atomic E-state index is -1.45. The van der Waals surface area contributed by atoms with E-state index in [-0.39, 0.29) is 0 Å². The number of hydrogen-bond donors (Lipinski definition) is 1. The summed E-state index contributed by atoms with van der Waals surface area (Å²) in [5.74, 6) is -1.45. The second-order valence-corrected chi connectivity index (χ2v) is 6.18. The van der Waals surface area contributed by atoms with Gasteiger partial charge in [0.15, 0.2) is 0 Å². The molecule has 0 rings (SSSR count). The van der Waals surface area contributed by atoms with Crippen LogP contribution in [0.25, 0.3) is 0 Å². The Balaban J connectivity index is 3.35. The van der Waals surface area contributed by atoms with Crippen molar-refractivity contribution in [3.05, 3.63) is 21.9 Å². The molecule has 0 aliphatic rings. The number of rotatable bonds is 16. The van der Waals surface area contributed by atoms with Gasteiger partial charge in [0.25, 0.3) is 0 Å². The number of hydrogen-bond acceptors (Lipinski definition) is 3. The molecule has 0 saturated carbocycles. The molecule has 0 heterocycles. The van der Waals surface area contributed by atoms with Gasteiger partial charge in [0.2, 0.25) is 0 Å². The maximum Gasteiger partial charge on any atom is 0.407 e. The molecule has 0 unspecified atom stereocenters. The van der Waals surface area contributed by atoms with Crippen molar-refractivity contribution in [2.45, 2.75) is 96.8 Å². The van der Waals surface area contributed by atoms with Crippen LogP contribution >= 0.6 is 0 Å². The predicted octanol–water partition coefficient (Wildman–Crippen LogP) is 5.71. The lowest BCUT2D eigenvalue weighted by molar-refractivity contribution is -0.421. The lowest BCUT2D eigenvalue weighted by Crippen LogP contribution is -2.09. The number of nitrogens with zero attached hydrogens (tertiary/aromatic N) is 1. The first kappa shape index (κ1) is 21.6. The molecule has 0 atom stereocenters. The van der Waals surface area contributed by atoms with Gasteiger partial charge in [-0.2, -0.15) is 0 Å². The monoisotopic (exact) mass is 327 g/mol. The Morgan fingerprint density at radius 2 is 1.26 bits per heavy atom. The molecule has 0 aromatic heterocycles. The number of carboxylic acid groups (broad SMARTS) is 1. The van der Waals surface area contributed by atoms with Crippen LogP contribution in [-0.4, -0.2) is 16.0 Å². The Kier molecular flexibility index (Phi) is 14.6. The zero-order valence-corrected chi connectivity index (χ0v) is 14.6. The summed E-state index contributed by atoms with van der Waals surface area (Å²) in [5.41, 5.74) is -0.705. The molecular formula is C18H33NO4. The average Bonchev–Trinajstić information content (AvgIpc) is 2.50. The fraction of sp³-hybridized carbons (Fsp3) is 0.833. The molecule has 0 spiro atoms. The average molecular weight is 327 g/mol. The molecule has 0 aliphatic carbocycles. The second kappa shape index (κ2) is 15.5. The van der Waals surface area contributed by atoms with Crippen molar-refractivity contribution >= 4 is 5.97 Å². The maximum atomic E-state index is 10.6. The smallest absolute Gasteiger partial charge is 0.407 e. The Bertz CT molecular complexity index is 337. The molecule has 0 aromatic rings. The molecule has 5 nitrogen and oxygen atoms in total. The van der Waals surface area contributed by atoms with Crippen LogP contribution in [0, 0.1) is 10.1 Å². The molecule has 0 aliphatic heterocycles. The van der Waals surface area contributed by atoms with Gasteiger partial charge in [-0.3, -0.25) is 10.1 Å². The van der Waals surface area contributed by atoms with Gasteiger partial charge in [0.1, 0.15) is 0 Å². The van der Waals surface area contributed by atoms with E-state index >= 15 is 0 Å². The predicted molar refractivity (Wildman–Crippen MR) is 93.0 cm³/mol. The standard InChI is InChI=1S/C18H33NO4/c1-2-3-4-5-6-7-8-9-10-11-12-13-14-15-16-17(18(20)21)19(22)23/h16H,2-15H2,1H3,(H,20,21)/b17-16-. The Morgan fingerprint density at radius 1 is 0.870 bits per heavy atom. The largest absolute Gasteiger partial charge is 0.473 e. The maximum absolute atomic E-state index is 10.6. The van der Waals surface area contributed by atoms with Crippen LogP contribution in [0.3, 0.4) is 0 Å². The molecule has 0 bridgehead atoms. The Hall–Kier alpha value is -1.39. The van der Waals surface area contributed by atoms with E-state index in [9.17, 15) is 14.9 Å². The molecule has 1 N–H and O–H groups in total. The van der Waals surface area contributed by atoms with Crippen molar-refractivity contribution in [2.75, 3.05) is 0 Å². The van der Waals surface area contributed by atoms with E-state index in [0.717, 1.165) is 19.3 Å². The zero-order chi connectivity index (χ0) is 17.3. The molecule has 0 radical (unpaired) electrons. The summed E-state index contributed by atoms with van der Waals surface area (Å²) >= 11 is 0. The van der Waals surface area contributed by atoms with E-state index in [1.165, 1.54) is 70.3 Å². The molecule has 0 saturated heterocycles. The van der Waals surface area contributed by atoms with Crippen LogP contribution in [0.4, 0.5) is 0 Å². The van der Waals surface area contributed by atoms with Gasteiger partial charge in [-0.1, -0.05) is 84.0 Å². The fourth-order valence-corrected chi connectivity index (χ4v) is 2.64. The summed E-state index contributed by atoms with van der Waals surface area (Å²) < 4.78 is 0. The van der Waals surface area contributed by atoms with Gasteiger partial charge in [-0.05, 0) is 12.8 Å². The van der Waals surface area contributed by atoms with E-state index in [2.05, 4.69) is 6.92 Å². The summed E-state index contributed by atoms with van der Waals surface area (Å²) in [6, 6.07) is 0. The molecule has 0 amide bonds. The van der Waals surface area contributed by atoms with Gasteiger partial charge in [0, 0.05) is 6.08 Å². The highest BCUT2D eigenvalue weighted by atomic mass is 16.6. The van der Waals surface area contributed by atoms with Crippen LogP contribution < -0.4 is 0 Å². The van der Waals surface area contributed by atoms with Crippen molar-refractivity contribution in [1.29, 1.82) is 0 Å². The van der Waals surface area contributed by atoms with Crippen LogP contribution in [0.2, 0.25) is 0 Å². The number of nitro groups is 1. The van der Waals surface area contributed by atoms with Crippen LogP contribution in [-0.2, 0) is 4.79 Å². The topological polar surface area (TPSA) is 80.4 Å². The van der Waals surface area contributed by atoms with E-state index in [4.69, 9.17) is 5.11 Å². The minimum Gasteiger partial charge on any atom is -0.473 e. The third-order valence-corrected chi connectivity index (χ3v) is 4.06. The third kappa shape index (κ3) is 14.0. The normalized spacial score (nSPS) is 11.6. The fourth-order valence-electron chi connectivity index (χ4n) is 2.64. The van der Waals surface area contributed by atoms with Gasteiger partial charge >= 0.3 is 11.7 Å². The number of unbranched alkanes of at least 4 members (excludes halogenated alkanes) is 13. The first-order valence-corrected chi connectivity index (χ1v) is 9.17. The van der Waals surface area contributed by atoms with Crippen LogP contribution in [0.1, 0.15) is 96.8 Å². The third-order valence-electron chi connectivity index (χ3n) is 4.06. The van der Waals surface area contributed by atoms with Crippen LogP contribution in [0.15, 0.2) is 11.8 Å². The van der Waals surface area contributed by atoms with E-state index in [1.807, 2.05) is 0 Å². The van der Waals surface area contributed by atoms with Gasteiger partial charge in [-0.15, -0.1) is 0 Å². The number of carbonyl (C=O) groups is 1. The van der Waals surface area contributed by atoms with Gasteiger partial charge < -0.3 is 5.11 Å². The first-order chi connectivity index (χ1) is 11.1. The zero-order valence-electron chi connectivity index (χ0n) is 14.6. The van der Waals surface area contributed by atoms with Gasteiger partial charge in [0.05, 0.1) is 4.92 Å². The quantitative estimate of drug-likeness (QED) is 0.170. The van der Waals surface area contributed by atoms with Crippen molar-refractivity contribution in [3.8, 4) is 0 Å². The van der Waals surface area contributed by atoms with Crippen molar-refractivity contribution in [3.63, 3.8) is 0 Å². The summed E-state index contributed by atoms with van der Waals surface area (Å²) in [6.07, 6.45) is 17.9. The van der Waals surface area contributed by atoms with E-state index in [1.54, 1.807) is 0 Å². The molecule has 0 fully saturated rings. The highest BCUT2D eigenvalue weighted by Gasteiger charge is 2.19. The molecule has 134 valence electrons. The van der Waals surface area contributed by atoms with Crippen molar-refractivity contribution < 1.29 is 14.8 Å². The minimum absolute atomic E-state index is 0.473. The van der Waals surface area contributed by atoms with E-state index < -0.39 is 16.6 Å². The summed E-state index contributed by atoms with van der Waals surface area (Å²) in [5, 5.41) is 19.1. The Labute approximate surface area is 140 Å². The number of carboxylic acids is 1.